The van der Waals surface area contributed by atoms with E-state index in [1.165, 1.54) is 7.11 Å². The van der Waals surface area contributed by atoms with E-state index in [2.05, 4.69) is 50.1 Å². The highest BCUT2D eigenvalue weighted by atomic mass is 16.6. The summed E-state index contributed by atoms with van der Waals surface area (Å²) in [5.74, 6) is 0.643. The van der Waals surface area contributed by atoms with Crippen LogP contribution in [0.25, 0.3) is 16.7 Å². The normalized spacial score (nSPS) is 16.6. The molecule has 0 spiro atoms. The minimum Gasteiger partial charge on any atom is -0.492 e. The average molecular weight is 493 g/mol. The van der Waals surface area contributed by atoms with Gasteiger partial charge < -0.3 is 29.6 Å². The van der Waals surface area contributed by atoms with E-state index >= 15 is 0 Å². The highest BCUT2D eigenvalue weighted by Crippen LogP contribution is 2.54. The first-order valence-corrected chi connectivity index (χ1v) is 11.9. The molecule has 8 heteroatoms. The van der Waals surface area contributed by atoms with E-state index in [1.54, 1.807) is 19.1 Å². The lowest BCUT2D eigenvalue weighted by atomic mass is 9.81. The maximum absolute atomic E-state index is 12.4. The third-order valence-electron chi connectivity index (χ3n) is 6.09. The zero-order chi connectivity index (χ0) is 26.0. The summed E-state index contributed by atoms with van der Waals surface area (Å²) in [7, 11) is 1.52. The maximum atomic E-state index is 12.4. The number of rotatable bonds is 7. The molecule has 2 heterocycles. The molecule has 1 unspecified atom stereocenters. The van der Waals surface area contributed by atoms with Gasteiger partial charge in [0, 0.05) is 23.2 Å². The number of hydrogen-bond donors (Lipinski definition) is 2. The second-order valence-electron chi connectivity index (χ2n) is 9.27. The van der Waals surface area contributed by atoms with Crippen LogP contribution in [-0.2, 0) is 9.53 Å². The maximum Gasteiger partial charge on any atom is 0.413 e. The van der Waals surface area contributed by atoms with Crippen LogP contribution >= 0.6 is 0 Å². The van der Waals surface area contributed by atoms with Crippen molar-refractivity contribution in [3.8, 4) is 28.4 Å². The predicted octanol–water partition coefficient (Wildman–Crippen LogP) is 5.63. The van der Waals surface area contributed by atoms with Crippen LogP contribution in [0.15, 0.2) is 43.0 Å². The number of fused-ring (bicyclic) bond motifs is 5. The van der Waals surface area contributed by atoms with E-state index in [9.17, 15) is 9.59 Å². The fourth-order valence-corrected chi connectivity index (χ4v) is 4.90. The molecule has 36 heavy (non-hydrogen) atoms. The van der Waals surface area contributed by atoms with Crippen LogP contribution in [0.2, 0.25) is 0 Å². The summed E-state index contributed by atoms with van der Waals surface area (Å²) in [5.41, 5.74) is 5.75. The van der Waals surface area contributed by atoms with Crippen molar-refractivity contribution >= 4 is 23.3 Å². The largest absolute Gasteiger partial charge is 0.492 e. The Hall–Kier alpha value is -3.94. The van der Waals surface area contributed by atoms with Crippen molar-refractivity contribution < 1.29 is 28.5 Å². The van der Waals surface area contributed by atoms with Gasteiger partial charge in [-0.2, -0.15) is 0 Å². The van der Waals surface area contributed by atoms with E-state index in [-0.39, 0.29) is 30.5 Å². The van der Waals surface area contributed by atoms with Crippen LogP contribution in [0.1, 0.15) is 51.3 Å². The van der Waals surface area contributed by atoms with E-state index < -0.39 is 12.1 Å². The first-order valence-electron chi connectivity index (χ1n) is 11.9. The molecular weight excluding hydrogens is 460 g/mol. The number of esters is 1. The molecule has 2 aliphatic rings. The summed E-state index contributed by atoms with van der Waals surface area (Å²) in [5, 5.41) is 5.99. The Bertz CT molecular complexity index is 1250. The monoisotopic (exact) mass is 492 g/mol. The third-order valence-corrected chi connectivity index (χ3v) is 6.09. The highest BCUT2D eigenvalue weighted by molar-refractivity contribution is 5.92. The highest BCUT2D eigenvalue weighted by Gasteiger charge is 2.35. The Morgan fingerprint density at radius 1 is 1.22 bits per heavy atom. The van der Waals surface area contributed by atoms with Crippen molar-refractivity contribution in [3.63, 3.8) is 0 Å². The summed E-state index contributed by atoms with van der Waals surface area (Å²) in [4.78, 5) is 24.0. The van der Waals surface area contributed by atoms with E-state index in [1.807, 2.05) is 12.1 Å². The van der Waals surface area contributed by atoms with Crippen molar-refractivity contribution in [1.29, 1.82) is 0 Å². The molecule has 0 aliphatic carbocycles. The van der Waals surface area contributed by atoms with Gasteiger partial charge in [-0.3, -0.25) is 4.79 Å². The Kier molecular flexibility index (Phi) is 6.97. The SMILES string of the molecule is C=CCC1Oc2ccc(OC(=O)NCC(=O)OCC)c(OC)c2-c2ccc3c(c21)C(C)=CC(C)(C)N3. The smallest absolute Gasteiger partial charge is 0.413 e. The molecule has 0 fully saturated rings. The Balaban J connectivity index is 1.78. The molecule has 0 radical (unpaired) electrons. The predicted molar refractivity (Wildman–Crippen MR) is 139 cm³/mol. The van der Waals surface area contributed by atoms with Crippen LogP contribution < -0.4 is 24.8 Å². The number of carbonyl (C=O) groups excluding carboxylic acids is 2. The number of ether oxygens (including phenoxy) is 4. The first kappa shape index (κ1) is 25.2. The molecule has 0 bridgehead atoms. The van der Waals surface area contributed by atoms with Crippen molar-refractivity contribution in [1.82, 2.24) is 5.32 Å². The number of anilines is 1. The molecule has 2 N–H and O–H groups in total. The lowest BCUT2D eigenvalue weighted by Gasteiger charge is -2.37. The lowest BCUT2D eigenvalue weighted by Crippen LogP contribution is -2.33. The van der Waals surface area contributed by atoms with Gasteiger partial charge in [0.1, 0.15) is 18.4 Å². The summed E-state index contributed by atoms with van der Waals surface area (Å²) < 4.78 is 22.5. The zero-order valence-corrected chi connectivity index (χ0v) is 21.3. The van der Waals surface area contributed by atoms with Gasteiger partial charge in [0.2, 0.25) is 0 Å². The Labute approximate surface area is 211 Å². The minimum absolute atomic E-state index is 0.178. The van der Waals surface area contributed by atoms with Gasteiger partial charge in [0.05, 0.1) is 24.8 Å². The van der Waals surface area contributed by atoms with Crippen molar-refractivity contribution in [2.45, 2.75) is 45.8 Å². The number of benzene rings is 2. The molecule has 190 valence electrons. The van der Waals surface area contributed by atoms with Gasteiger partial charge in [-0.25, -0.2) is 4.79 Å². The van der Waals surface area contributed by atoms with Crippen molar-refractivity contribution in [2.75, 3.05) is 25.6 Å². The van der Waals surface area contributed by atoms with Crippen LogP contribution in [0.4, 0.5) is 10.5 Å². The van der Waals surface area contributed by atoms with Crippen LogP contribution in [0.5, 0.6) is 17.2 Å². The first-order chi connectivity index (χ1) is 17.2. The average Bonchev–Trinajstić information content (AvgIpc) is 2.82. The second kappa shape index (κ2) is 9.97. The van der Waals surface area contributed by atoms with Crippen molar-refractivity contribution in [3.05, 3.63) is 54.1 Å². The minimum atomic E-state index is -0.793. The number of methoxy groups -OCH3 is 1. The summed E-state index contributed by atoms with van der Waals surface area (Å²) in [6.45, 7) is 11.9. The van der Waals surface area contributed by atoms with Gasteiger partial charge in [0.15, 0.2) is 11.5 Å². The van der Waals surface area contributed by atoms with Gasteiger partial charge in [-0.05, 0) is 57.0 Å². The fourth-order valence-electron chi connectivity index (χ4n) is 4.90. The molecule has 0 saturated heterocycles. The molecule has 0 saturated carbocycles. The second-order valence-corrected chi connectivity index (χ2v) is 9.27. The molecular formula is C28H32N2O6. The quantitative estimate of drug-likeness (QED) is 0.382. The number of nitrogens with one attached hydrogen (secondary N) is 2. The third kappa shape index (κ3) is 4.76. The molecule has 8 nitrogen and oxygen atoms in total. The van der Waals surface area contributed by atoms with Crippen LogP contribution in [0, 0.1) is 0 Å². The number of amides is 1. The Morgan fingerprint density at radius 2 is 2.00 bits per heavy atom. The molecule has 1 atom stereocenters. The molecule has 4 rings (SSSR count). The molecule has 2 aromatic carbocycles. The summed E-state index contributed by atoms with van der Waals surface area (Å²) in [6, 6.07) is 7.48. The molecule has 2 aromatic rings. The molecule has 0 aromatic heterocycles. The Morgan fingerprint density at radius 3 is 2.69 bits per heavy atom. The summed E-state index contributed by atoms with van der Waals surface area (Å²) >= 11 is 0. The lowest BCUT2D eigenvalue weighted by molar-refractivity contribution is -0.141. The standard InChI is InChI=1S/C28H32N2O6/c1-7-9-19-24-17(10-11-18-23(24)16(3)14-28(4,5)30-18)25-20(35-19)12-13-21(26(25)33-6)36-27(32)29-15-22(31)34-8-2/h7,10-14,19,30H,1,8-9,15H2,2-6H3,(H,29,32). The van der Waals surface area contributed by atoms with E-state index in [0.717, 1.165) is 28.0 Å². The number of allylic oxidation sites excluding steroid dienone is 1. The van der Waals surface area contributed by atoms with Gasteiger partial charge in [-0.1, -0.05) is 18.2 Å². The number of hydrogen-bond acceptors (Lipinski definition) is 7. The van der Waals surface area contributed by atoms with Crippen LogP contribution in [-0.4, -0.2) is 37.9 Å². The van der Waals surface area contributed by atoms with Crippen molar-refractivity contribution in [2.24, 2.45) is 0 Å². The molecule has 2 aliphatic heterocycles. The molecule has 1 amide bonds. The topological polar surface area (TPSA) is 95.1 Å². The van der Waals surface area contributed by atoms with E-state index in [4.69, 9.17) is 18.9 Å². The van der Waals surface area contributed by atoms with E-state index in [0.29, 0.717) is 23.5 Å². The fraction of sp³-hybridized carbons (Fsp3) is 0.357. The van der Waals surface area contributed by atoms with Crippen LogP contribution in [0.3, 0.4) is 0 Å². The summed E-state index contributed by atoms with van der Waals surface area (Å²) in [6.07, 6.45) is 3.65. The van der Waals surface area contributed by atoms with Gasteiger partial charge >= 0.3 is 12.1 Å². The zero-order valence-electron chi connectivity index (χ0n) is 21.3. The van der Waals surface area contributed by atoms with Gasteiger partial charge in [0.25, 0.3) is 0 Å². The van der Waals surface area contributed by atoms with Gasteiger partial charge in [-0.15, -0.1) is 6.58 Å². The number of carbonyl (C=O) groups is 2.